The van der Waals surface area contributed by atoms with Crippen molar-refractivity contribution >= 4 is 5.78 Å². The lowest BCUT2D eigenvalue weighted by molar-refractivity contribution is 0.0974. The van der Waals surface area contributed by atoms with Gasteiger partial charge in [0.15, 0.2) is 5.78 Å². The van der Waals surface area contributed by atoms with Crippen LogP contribution in [0.5, 0.6) is 0 Å². The highest BCUT2D eigenvalue weighted by atomic mass is 16.1. The first-order chi connectivity index (χ1) is 8.09. The van der Waals surface area contributed by atoms with Gasteiger partial charge in [0.2, 0.25) is 0 Å². The molecule has 1 aliphatic carbocycles. The van der Waals surface area contributed by atoms with Crippen LogP contribution < -0.4 is 0 Å². The van der Waals surface area contributed by atoms with Crippen molar-refractivity contribution in [2.75, 3.05) is 0 Å². The molecule has 0 amide bonds. The SMILES string of the molecule is CC1=CC(CC(=O)c2ccccc2)C(C)=C1C. The molecule has 1 nitrogen and oxygen atoms in total. The lowest BCUT2D eigenvalue weighted by atomic mass is 9.94. The quantitative estimate of drug-likeness (QED) is 0.707. The molecule has 0 fully saturated rings. The van der Waals surface area contributed by atoms with Gasteiger partial charge in [0.1, 0.15) is 0 Å². The largest absolute Gasteiger partial charge is 0.294 e. The number of Topliss-reactive ketones (excluding diaryl/α,β-unsaturated/α-hetero) is 1. The molecule has 0 aliphatic heterocycles. The molecule has 0 bridgehead atoms. The van der Waals surface area contributed by atoms with Crippen molar-refractivity contribution in [3.8, 4) is 0 Å². The predicted molar refractivity (Wildman–Crippen MR) is 71.0 cm³/mol. The van der Waals surface area contributed by atoms with Gasteiger partial charge in [-0.05, 0) is 26.3 Å². The molecule has 2 rings (SSSR count). The van der Waals surface area contributed by atoms with Gasteiger partial charge < -0.3 is 0 Å². The number of hydrogen-bond donors (Lipinski definition) is 0. The predicted octanol–water partition coefficient (Wildman–Crippen LogP) is 4.17. The van der Waals surface area contributed by atoms with E-state index in [1.165, 1.54) is 16.7 Å². The highest BCUT2D eigenvalue weighted by Crippen LogP contribution is 2.33. The third-order valence-electron chi connectivity index (χ3n) is 3.69. The Hall–Kier alpha value is -1.63. The Morgan fingerprint density at radius 2 is 1.76 bits per heavy atom. The van der Waals surface area contributed by atoms with Crippen LogP contribution in [0.3, 0.4) is 0 Å². The first kappa shape index (κ1) is 11.8. The van der Waals surface area contributed by atoms with Gasteiger partial charge in [-0.2, -0.15) is 0 Å². The van der Waals surface area contributed by atoms with Crippen LogP contribution in [0, 0.1) is 5.92 Å². The second kappa shape index (κ2) is 4.70. The van der Waals surface area contributed by atoms with Crippen molar-refractivity contribution in [1.82, 2.24) is 0 Å². The van der Waals surface area contributed by atoms with Crippen LogP contribution in [-0.2, 0) is 0 Å². The van der Waals surface area contributed by atoms with Gasteiger partial charge in [0.05, 0.1) is 0 Å². The minimum absolute atomic E-state index is 0.230. The minimum atomic E-state index is 0.230. The molecule has 88 valence electrons. The van der Waals surface area contributed by atoms with Gasteiger partial charge in [0, 0.05) is 17.9 Å². The van der Waals surface area contributed by atoms with E-state index >= 15 is 0 Å². The van der Waals surface area contributed by atoms with Gasteiger partial charge in [-0.1, -0.05) is 47.6 Å². The first-order valence-electron chi connectivity index (χ1n) is 6.04. The van der Waals surface area contributed by atoms with Crippen molar-refractivity contribution in [3.05, 3.63) is 58.7 Å². The molecule has 1 heteroatoms. The summed E-state index contributed by atoms with van der Waals surface area (Å²) in [5, 5.41) is 0. The number of ketones is 1. The third kappa shape index (κ3) is 2.38. The summed E-state index contributed by atoms with van der Waals surface area (Å²) in [4.78, 5) is 12.1. The van der Waals surface area contributed by atoms with E-state index in [2.05, 4.69) is 26.8 Å². The first-order valence-corrected chi connectivity index (χ1v) is 6.04. The summed E-state index contributed by atoms with van der Waals surface area (Å²) >= 11 is 0. The molecule has 0 spiro atoms. The minimum Gasteiger partial charge on any atom is -0.294 e. The Balaban J connectivity index is 2.12. The highest BCUT2D eigenvalue weighted by molar-refractivity contribution is 5.96. The fourth-order valence-corrected chi connectivity index (χ4v) is 2.29. The Labute approximate surface area is 103 Å². The lowest BCUT2D eigenvalue weighted by Crippen LogP contribution is -2.06. The zero-order valence-corrected chi connectivity index (χ0v) is 10.7. The molecule has 1 unspecified atom stereocenters. The molecule has 0 heterocycles. The molecular weight excluding hydrogens is 208 g/mol. The third-order valence-corrected chi connectivity index (χ3v) is 3.69. The van der Waals surface area contributed by atoms with Gasteiger partial charge >= 0.3 is 0 Å². The Bertz CT molecular complexity index is 492. The zero-order chi connectivity index (χ0) is 12.4. The molecule has 17 heavy (non-hydrogen) atoms. The number of carbonyl (C=O) groups is 1. The van der Waals surface area contributed by atoms with E-state index in [1.54, 1.807) is 0 Å². The fraction of sp³-hybridized carbons (Fsp3) is 0.312. The second-order valence-electron chi connectivity index (χ2n) is 4.76. The number of allylic oxidation sites excluding steroid dienone is 4. The Kier molecular flexibility index (Phi) is 3.28. The number of rotatable bonds is 3. The van der Waals surface area contributed by atoms with E-state index in [-0.39, 0.29) is 5.78 Å². The summed E-state index contributed by atoms with van der Waals surface area (Å²) in [5.41, 5.74) is 4.81. The van der Waals surface area contributed by atoms with Gasteiger partial charge in [-0.3, -0.25) is 4.79 Å². The normalized spacial score (nSPS) is 19.5. The average molecular weight is 226 g/mol. The van der Waals surface area contributed by atoms with Crippen LogP contribution in [0.25, 0.3) is 0 Å². The standard InChI is InChI=1S/C16H18O/c1-11-9-15(13(3)12(11)2)10-16(17)14-7-5-4-6-8-14/h4-9,15H,10H2,1-3H3. The van der Waals surface area contributed by atoms with Crippen LogP contribution in [-0.4, -0.2) is 5.78 Å². The number of benzene rings is 1. The maximum absolute atomic E-state index is 12.1. The molecule has 0 saturated heterocycles. The second-order valence-corrected chi connectivity index (χ2v) is 4.76. The summed E-state index contributed by atoms with van der Waals surface area (Å²) in [6, 6.07) is 9.54. The molecule has 0 aromatic heterocycles. The Morgan fingerprint density at radius 1 is 1.12 bits per heavy atom. The molecule has 1 atom stereocenters. The van der Waals surface area contributed by atoms with Crippen LogP contribution in [0.2, 0.25) is 0 Å². The van der Waals surface area contributed by atoms with Crippen LogP contribution in [0.4, 0.5) is 0 Å². The number of hydrogen-bond acceptors (Lipinski definition) is 1. The summed E-state index contributed by atoms with van der Waals surface area (Å²) in [6.07, 6.45) is 2.80. The van der Waals surface area contributed by atoms with Crippen molar-refractivity contribution in [1.29, 1.82) is 0 Å². The van der Waals surface area contributed by atoms with Crippen molar-refractivity contribution < 1.29 is 4.79 Å². The summed E-state index contributed by atoms with van der Waals surface area (Å²) < 4.78 is 0. The topological polar surface area (TPSA) is 17.1 Å². The van der Waals surface area contributed by atoms with Gasteiger partial charge in [0.25, 0.3) is 0 Å². The highest BCUT2D eigenvalue weighted by Gasteiger charge is 2.21. The summed E-state index contributed by atoms with van der Waals surface area (Å²) in [7, 11) is 0. The van der Waals surface area contributed by atoms with Crippen molar-refractivity contribution in [3.63, 3.8) is 0 Å². The average Bonchev–Trinajstić information content (AvgIpc) is 2.58. The molecule has 1 aromatic rings. The van der Waals surface area contributed by atoms with Crippen molar-refractivity contribution in [2.24, 2.45) is 5.92 Å². The monoisotopic (exact) mass is 226 g/mol. The smallest absolute Gasteiger partial charge is 0.163 e. The van der Waals surface area contributed by atoms with Crippen molar-refractivity contribution in [2.45, 2.75) is 27.2 Å². The maximum Gasteiger partial charge on any atom is 0.163 e. The molecule has 0 radical (unpaired) electrons. The van der Waals surface area contributed by atoms with Crippen LogP contribution >= 0.6 is 0 Å². The summed E-state index contributed by atoms with van der Waals surface area (Å²) in [5.74, 6) is 0.524. The molecule has 0 saturated carbocycles. The van der Waals surface area contributed by atoms with E-state index in [0.29, 0.717) is 12.3 Å². The van der Waals surface area contributed by atoms with E-state index in [1.807, 2.05) is 30.3 Å². The van der Waals surface area contributed by atoms with E-state index in [0.717, 1.165) is 5.56 Å². The Morgan fingerprint density at radius 3 is 2.29 bits per heavy atom. The molecule has 0 N–H and O–H groups in total. The van der Waals surface area contributed by atoms with Gasteiger partial charge in [-0.15, -0.1) is 0 Å². The van der Waals surface area contributed by atoms with E-state index in [4.69, 9.17) is 0 Å². The van der Waals surface area contributed by atoms with E-state index in [9.17, 15) is 4.79 Å². The molecular formula is C16H18O. The van der Waals surface area contributed by atoms with Crippen LogP contribution in [0.15, 0.2) is 53.1 Å². The number of carbonyl (C=O) groups excluding carboxylic acids is 1. The lowest BCUT2D eigenvalue weighted by Gasteiger charge is -2.09. The summed E-state index contributed by atoms with van der Waals surface area (Å²) in [6.45, 7) is 6.38. The molecule has 1 aliphatic rings. The van der Waals surface area contributed by atoms with Crippen LogP contribution in [0.1, 0.15) is 37.6 Å². The maximum atomic E-state index is 12.1. The molecule has 1 aromatic carbocycles. The zero-order valence-electron chi connectivity index (χ0n) is 10.7. The fourth-order valence-electron chi connectivity index (χ4n) is 2.29. The van der Waals surface area contributed by atoms with Gasteiger partial charge in [-0.25, -0.2) is 0 Å². The van der Waals surface area contributed by atoms with E-state index < -0.39 is 0 Å².